The smallest absolute Gasteiger partial charge is 0.248 e. The number of carbonyl (C=O) groups excluding carboxylic acids is 2. The standard InChI is InChI=1S/C17H14N2O5/c1-22-10-4-2-9(3-5-10)19-12-7-14-13(23-8-24-14)6-11(12)15(16(18)20)17(19)21/h2-7,15H,8H2,1H3,(H2,18,20). The number of amides is 2. The number of rotatable bonds is 3. The van der Waals surface area contributed by atoms with Crippen LogP contribution in [0, 0.1) is 0 Å². The average Bonchev–Trinajstić information content (AvgIpc) is 3.13. The number of fused-ring (bicyclic) bond motifs is 2. The lowest BCUT2D eigenvalue weighted by Gasteiger charge is -2.18. The number of anilines is 2. The van der Waals surface area contributed by atoms with E-state index in [0.29, 0.717) is 34.2 Å². The molecule has 24 heavy (non-hydrogen) atoms. The third-order valence-corrected chi connectivity index (χ3v) is 4.16. The van der Waals surface area contributed by atoms with Gasteiger partial charge in [-0.05, 0) is 30.3 Å². The Hall–Kier alpha value is -3.22. The Kier molecular flexibility index (Phi) is 3.09. The molecular formula is C17H14N2O5. The van der Waals surface area contributed by atoms with Crippen LogP contribution in [-0.2, 0) is 9.59 Å². The van der Waals surface area contributed by atoms with Crippen LogP contribution < -0.4 is 24.8 Å². The minimum absolute atomic E-state index is 0.107. The number of primary amides is 1. The Balaban J connectivity index is 1.86. The third-order valence-electron chi connectivity index (χ3n) is 4.16. The van der Waals surface area contributed by atoms with Crippen LogP contribution in [0.15, 0.2) is 36.4 Å². The normalized spacial score (nSPS) is 17.8. The van der Waals surface area contributed by atoms with Gasteiger partial charge in [-0.1, -0.05) is 0 Å². The van der Waals surface area contributed by atoms with Gasteiger partial charge in [-0.25, -0.2) is 0 Å². The summed E-state index contributed by atoms with van der Waals surface area (Å²) in [4.78, 5) is 26.1. The number of carbonyl (C=O) groups is 2. The van der Waals surface area contributed by atoms with Crippen LogP contribution in [0.2, 0.25) is 0 Å². The minimum Gasteiger partial charge on any atom is -0.497 e. The molecular weight excluding hydrogens is 312 g/mol. The van der Waals surface area contributed by atoms with E-state index in [2.05, 4.69) is 0 Å². The zero-order valence-corrected chi connectivity index (χ0v) is 12.8. The molecule has 0 aliphatic carbocycles. The first-order valence-corrected chi connectivity index (χ1v) is 7.31. The predicted molar refractivity (Wildman–Crippen MR) is 84.6 cm³/mol. The highest BCUT2D eigenvalue weighted by Crippen LogP contribution is 2.48. The number of ether oxygens (including phenoxy) is 3. The zero-order valence-electron chi connectivity index (χ0n) is 12.8. The molecule has 7 nitrogen and oxygen atoms in total. The van der Waals surface area contributed by atoms with Crippen LogP contribution in [0.3, 0.4) is 0 Å². The van der Waals surface area contributed by atoms with Gasteiger partial charge in [0.15, 0.2) is 11.5 Å². The summed E-state index contributed by atoms with van der Waals surface area (Å²) in [7, 11) is 1.56. The lowest BCUT2D eigenvalue weighted by molar-refractivity contribution is -0.127. The largest absolute Gasteiger partial charge is 0.497 e. The number of methoxy groups -OCH3 is 1. The zero-order chi connectivity index (χ0) is 16.8. The highest BCUT2D eigenvalue weighted by molar-refractivity contribution is 6.20. The molecule has 2 heterocycles. The summed E-state index contributed by atoms with van der Waals surface area (Å²) in [5.41, 5.74) is 7.16. The third kappa shape index (κ3) is 1.98. The maximum absolute atomic E-state index is 12.8. The van der Waals surface area contributed by atoms with E-state index < -0.39 is 17.7 Å². The first-order chi connectivity index (χ1) is 11.6. The molecule has 2 aliphatic heterocycles. The highest BCUT2D eigenvalue weighted by Gasteiger charge is 2.43. The topological polar surface area (TPSA) is 91.1 Å². The molecule has 2 aromatic carbocycles. The van der Waals surface area contributed by atoms with E-state index in [1.807, 2.05) is 0 Å². The molecule has 0 saturated carbocycles. The molecule has 2 amide bonds. The van der Waals surface area contributed by atoms with Crippen molar-refractivity contribution in [3.8, 4) is 17.2 Å². The van der Waals surface area contributed by atoms with Crippen LogP contribution in [0.4, 0.5) is 11.4 Å². The van der Waals surface area contributed by atoms with Crippen molar-refractivity contribution in [3.63, 3.8) is 0 Å². The molecule has 0 aromatic heterocycles. The Morgan fingerprint density at radius 1 is 1.21 bits per heavy atom. The van der Waals surface area contributed by atoms with Crippen molar-refractivity contribution in [2.75, 3.05) is 18.8 Å². The summed E-state index contributed by atoms with van der Waals surface area (Å²) < 4.78 is 15.9. The van der Waals surface area contributed by atoms with Crippen molar-refractivity contribution in [3.05, 3.63) is 42.0 Å². The van der Waals surface area contributed by atoms with Gasteiger partial charge < -0.3 is 19.9 Å². The Morgan fingerprint density at radius 3 is 2.50 bits per heavy atom. The van der Waals surface area contributed by atoms with Gasteiger partial charge in [0.05, 0.1) is 12.8 Å². The second kappa shape index (κ2) is 5.16. The van der Waals surface area contributed by atoms with Crippen molar-refractivity contribution < 1.29 is 23.8 Å². The maximum Gasteiger partial charge on any atom is 0.248 e. The van der Waals surface area contributed by atoms with Crippen LogP contribution in [0.25, 0.3) is 0 Å². The number of benzene rings is 2. The van der Waals surface area contributed by atoms with Gasteiger partial charge in [0, 0.05) is 17.3 Å². The van der Waals surface area contributed by atoms with Crippen molar-refractivity contribution in [2.24, 2.45) is 5.73 Å². The van der Waals surface area contributed by atoms with Gasteiger partial charge in [-0.2, -0.15) is 0 Å². The van der Waals surface area contributed by atoms with Crippen LogP contribution in [-0.4, -0.2) is 25.7 Å². The van der Waals surface area contributed by atoms with E-state index in [0.717, 1.165) is 0 Å². The van der Waals surface area contributed by atoms with Crippen LogP contribution in [0.5, 0.6) is 17.2 Å². The molecule has 1 atom stereocenters. The Morgan fingerprint density at radius 2 is 1.88 bits per heavy atom. The number of hydrogen-bond acceptors (Lipinski definition) is 5. The molecule has 0 radical (unpaired) electrons. The summed E-state index contributed by atoms with van der Waals surface area (Å²) in [6.45, 7) is 0.107. The Bertz CT molecular complexity index is 847. The summed E-state index contributed by atoms with van der Waals surface area (Å²) in [5.74, 6) is -0.434. The van der Waals surface area contributed by atoms with Crippen LogP contribution in [0.1, 0.15) is 11.5 Å². The second-order valence-electron chi connectivity index (χ2n) is 5.47. The predicted octanol–water partition coefficient (Wildman–Crippen LogP) is 1.67. The van der Waals surface area contributed by atoms with Gasteiger partial charge in [-0.15, -0.1) is 0 Å². The quantitative estimate of drug-likeness (QED) is 0.866. The monoisotopic (exact) mass is 326 g/mol. The first kappa shape index (κ1) is 14.4. The van der Waals surface area contributed by atoms with Gasteiger partial charge in [-0.3, -0.25) is 14.5 Å². The van der Waals surface area contributed by atoms with Crippen molar-refractivity contribution >= 4 is 23.2 Å². The fourth-order valence-corrected chi connectivity index (χ4v) is 3.03. The second-order valence-corrected chi connectivity index (χ2v) is 5.47. The molecule has 4 rings (SSSR count). The van der Waals surface area contributed by atoms with E-state index in [4.69, 9.17) is 19.9 Å². The fraction of sp³-hybridized carbons (Fsp3) is 0.176. The average molecular weight is 326 g/mol. The van der Waals surface area contributed by atoms with E-state index in [9.17, 15) is 9.59 Å². The van der Waals surface area contributed by atoms with E-state index in [-0.39, 0.29) is 6.79 Å². The van der Waals surface area contributed by atoms with Gasteiger partial charge >= 0.3 is 0 Å². The van der Waals surface area contributed by atoms with E-state index in [1.165, 1.54) is 4.90 Å². The van der Waals surface area contributed by atoms with E-state index in [1.54, 1.807) is 43.5 Å². The maximum atomic E-state index is 12.8. The fourth-order valence-electron chi connectivity index (χ4n) is 3.03. The first-order valence-electron chi connectivity index (χ1n) is 7.31. The van der Waals surface area contributed by atoms with Crippen LogP contribution >= 0.6 is 0 Å². The van der Waals surface area contributed by atoms with E-state index >= 15 is 0 Å². The van der Waals surface area contributed by atoms with Crippen molar-refractivity contribution in [1.29, 1.82) is 0 Å². The lowest BCUT2D eigenvalue weighted by atomic mass is 10.00. The highest BCUT2D eigenvalue weighted by atomic mass is 16.7. The molecule has 7 heteroatoms. The molecule has 2 N–H and O–H groups in total. The number of hydrogen-bond donors (Lipinski definition) is 1. The molecule has 122 valence electrons. The summed E-state index contributed by atoms with van der Waals surface area (Å²) in [5, 5.41) is 0. The Labute approximate surface area is 137 Å². The molecule has 0 spiro atoms. The number of nitrogens with two attached hydrogens (primary N) is 1. The van der Waals surface area contributed by atoms with Crippen molar-refractivity contribution in [2.45, 2.75) is 5.92 Å². The molecule has 1 unspecified atom stereocenters. The van der Waals surface area contributed by atoms with Gasteiger partial charge in [0.1, 0.15) is 11.7 Å². The van der Waals surface area contributed by atoms with Gasteiger partial charge in [0.25, 0.3) is 0 Å². The SMILES string of the molecule is COc1ccc(N2C(=O)C(C(N)=O)c3cc4c(cc32)OCO4)cc1. The summed E-state index contributed by atoms with van der Waals surface area (Å²) in [6, 6.07) is 10.3. The molecule has 2 aromatic rings. The van der Waals surface area contributed by atoms with Crippen molar-refractivity contribution in [1.82, 2.24) is 0 Å². The molecule has 2 aliphatic rings. The number of nitrogens with zero attached hydrogens (tertiary/aromatic N) is 1. The molecule has 0 saturated heterocycles. The lowest BCUT2D eigenvalue weighted by Crippen LogP contribution is -2.31. The molecule has 0 bridgehead atoms. The summed E-state index contributed by atoms with van der Waals surface area (Å²) in [6.07, 6.45) is 0. The molecule has 0 fully saturated rings. The summed E-state index contributed by atoms with van der Waals surface area (Å²) >= 11 is 0. The van der Waals surface area contributed by atoms with Gasteiger partial charge in [0.2, 0.25) is 18.6 Å². The minimum atomic E-state index is -1.04.